The molecule has 2 aromatic carbocycles. The summed E-state index contributed by atoms with van der Waals surface area (Å²) in [5, 5.41) is 0.683. The van der Waals surface area contributed by atoms with Gasteiger partial charge in [-0.05, 0) is 61.7 Å². The molecule has 0 bridgehead atoms. The van der Waals surface area contributed by atoms with Crippen molar-refractivity contribution in [3.8, 4) is 5.75 Å². The summed E-state index contributed by atoms with van der Waals surface area (Å²) in [7, 11) is 0. The molecule has 3 rings (SSSR count). The number of ether oxygens (including phenoxy) is 1. The zero-order chi connectivity index (χ0) is 17.8. The fourth-order valence-electron chi connectivity index (χ4n) is 3.27. The highest BCUT2D eigenvalue weighted by Crippen LogP contribution is 2.25. The third-order valence-electron chi connectivity index (χ3n) is 4.63. The summed E-state index contributed by atoms with van der Waals surface area (Å²) < 4.78 is 5.82. The van der Waals surface area contributed by atoms with Crippen LogP contribution in [-0.4, -0.2) is 29.9 Å². The summed E-state index contributed by atoms with van der Waals surface area (Å²) >= 11 is 5.99. The van der Waals surface area contributed by atoms with E-state index in [4.69, 9.17) is 22.1 Å². The molecule has 6 heteroatoms. The fraction of sp³-hybridized carbons (Fsp3) is 0.350. The fourth-order valence-corrected chi connectivity index (χ4v) is 3.49. The number of rotatable bonds is 5. The molecule has 2 aromatic rings. The zero-order valence-corrected chi connectivity index (χ0v) is 16.3. The summed E-state index contributed by atoms with van der Waals surface area (Å²) in [4.78, 5) is 14.7. The molecule has 0 aliphatic carbocycles. The number of amides is 1. The maximum atomic E-state index is 12.8. The van der Waals surface area contributed by atoms with Gasteiger partial charge in [0.1, 0.15) is 12.4 Å². The highest BCUT2D eigenvalue weighted by molar-refractivity contribution is 6.30. The lowest BCUT2D eigenvalue weighted by atomic mass is 10.1. The average Bonchev–Trinajstić information content (AvgIpc) is 3.00. The van der Waals surface area contributed by atoms with Gasteiger partial charge in [-0.3, -0.25) is 4.79 Å². The maximum Gasteiger partial charge on any atom is 0.254 e. The van der Waals surface area contributed by atoms with Gasteiger partial charge in [0.15, 0.2) is 0 Å². The molecule has 0 radical (unpaired) electrons. The lowest BCUT2D eigenvalue weighted by Crippen LogP contribution is -2.34. The predicted molar refractivity (Wildman–Crippen MR) is 107 cm³/mol. The van der Waals surface area contributed by atoms with E-state index in [-0.39, 0.29) is 24.4 Å². The van der Waals surface area contributed by atoms with Crippen LogP contribution in [-0.2, 0) is 6.61 Å². The van der Waals surface area contributed by atoms with Crippen molar-refractivity contribution in [3.63, 3.8) is 0 Å². The molecule has 4 nitrogen and oxygen atoms in total. The number of nitrogens with zero attached hydrogens (tertiary/aromatic N) is 1. The third-order valence-corrected chi connectivity index (χ3v) is 4.87. The molecule has 1 fully saturated rings. The first kappa shape index (κ1) is 20.6. The minimum Gasteiger partial charge on any atom is -0.489 e. The van der Waals surface area contributed by atoms with Crippen LogP contribution in [0.1, 0.15) is 29.3 Å². The Morgan fingerprint density at radius 3 is 2.73 bits per heavy atom. The molecular weight excluding hydrogens is 371 g/mol. The van der Waals surface area contributed by atoms with Crippen molar-refractivity contribution in [1.82, 2.24) is 4.90 Å². The van der Waals surface area contributed by atoms with Crippen molar-refractivity contribution < 1.29 is 9.53 Å². The second-order valence-electron chi connectivity index (χ2n) is 6.59. The molecule has 0 aromatic heterocycles. The van der Waals surface area contributed by atoms with Gasteiger partial charge in [-0.25, -0.2) is 0 Å². The number of likely N-dealkylation sites (tertiary alicyclic amines) is 1. The standard InChI is InChI=1S/C20H23ClN2O2.ClH/c1-14-8-16(11-22)12-23(14)20(24)17-5-3-7-19(10-17)25-13-15-4-2-6-18(21)9-15;/h2-7,9-10,14,16H,8,11-13,22H2,1H3;1H. The molecule has 0 spiro atoms. The summed E-state index contributed by atoms with van der Waals surface area (Å²) in [6.07, 6.45) is 0.965. The lowest BCUT2D eigenvalue weighted by molar-refractivity contribution is 0.0743. The van der Waals surface area contributed by atoms with Gasteiger partial charge in [0.25, 0.3) is 5.91 Å². The van der Waals surface area contributed by atoms with E-state index in [1.54, 1.807) is 6.07 Å². The minimum absolute atomic E-state index is 0. The smallest absolute Gasteiger partial charge is 0.254 e. The highest BCUT2D eigenvalue weighted by Gasteiger charge is 2.32. The molecule has 26 heavy (non-hydrogen) atoms. The molecule has 1 heterocycles. The minimum atomic E-state index is 0. The van der Waals surface area contributed by atoms with E-state index in [9.17, 15) is 4.79 Å². The second kappa shape index (κ2) is 9.26. The molecule has 2 unspecified atom stereocenters. The summed E-state index contributed by atoms with van der Waals surface area (Å²) in [5.74, 6) is 1.10. The Balaban J connectivity index is 0.00000243. The van der Waals surface area contributed by atoms with Crippen LogP contribution in [0.5, 0.6) is 5.75 Å². The Hall–Kier alpha value is -1.75. The van der Waals surface area contributed by atoms with E-state index in [1.807, 2.05) is 47.4 Å². The van der Waals surface area contributed by atoms with Crippen LogP contribution in [0.15, 0.2) is 48.5 Å². The summed E-state index contributed by atoms with van der Waals surface area (Å²) in [6.45, 7) is 3.83. The van der Waals surface area contributed by atoms with Gasteiger partial charge in [0.05, 0.1) is 0 Å². The van der Waals surface area contributed by atoms with E-state index >= 15 is 0 Å². The molecule has 1 aliphatic heterocycles. The molecule has 1 amide bonds. The van der Waals surface area contributed by atoms with Crippen LogP contribution < -0.4 is 10.5 Å². The highest BCUT2D eigenvalue weighted by atomic mass is 35.5. The number of hydrogen-bond donors (Lipinski definition) is 1. The number of benzene rings is 2. The quantitative estimate of drug-likeness (QED) is 0.828. The Morgan fingerprint density at radius 2 is 2.04 bits per heavy atom. The van der Waals surface area contributed by atoms with Crippen molar-refractivity contribution in [1.29, 1.82) is 0 Å². The first-order chi connectivity index (χ1) is 12.1. The van der Waals surface area contributed by atoms with E-state index in [0.29, 0.717) is 35.4 Å². The van der Waals surface area contributed by atoms with Gasteiger partial charge in [-0.1, -0.05) is 29.8 Å². The van der Waals surface area contributed by atoms with Crippen LogP contribution in [0.25, 0.3) is 0 Å². The van der Waals surface area contributed by atoms with Crippen LogP contribution in [0.4, 0.5) is 0 Å². The first-order valence-corrected chi connectivity index (χ1v) is 8.93. The molecule has 2 atom stereocenters. The monoisotopic (exact) mass is 394 g/mol. The maximum absolute atomic E-state index is 12.8. The van der Waals surface area contributed by atoms with Crippen LogP contribution in [0.3, 0.4) is 0 Å². The largest absolute Gasteiger partial charge is 0.489 e. The van der Waals surface area contributed by atoms with Crippen molar-refractivity contribution in [2.24, 2.45) is 11.7 Å². The molecular formula is C20H24Cl2N2O2. The van der Waals surface area contributed by atoms with Gasteiger partial charge in [0, 0.05) is 23.2 Å². The normalized spacial score (nSPS) is 19.1. The first-order valence-electron chi connectivity index (χ1n) is 8.55. The molecule has 140 valence electrons. The Morgan fingerprint density at radius 1 is 1.27 bits per heavy atom. The number of halogens is 2. The van der Waals surface area contributed by atoms with E-state index in [0.717, 1.165) is 18.5 Å². The molecule has 1 saturated heterocycles. The van der Waals surface area contributed by atoms with E-state index < -0.39 is 0 Å². The topological polar surface area (TPSA) is 55.6 Å². The molecule has 1 aliphatic rings. The van der Waals surface area contributed by atoms with E-state index in [1.165, 1.54) is 0 Å². The zero-order valence-electron chi connectivity index (χ0n) is 14.7. The van der Waals surface area contributed by atoms with Crippen LogP contribution >= 0.6 is 24.0 Å². The number of carbonyl (C=O) groups is 1. The van der Waals surface area contributed by atoms with Crippen LogP contribution in [0, 0.1) is 5.92 Å². The lowest BCUT2D eigenvalue weighted by Gasteiger charge is -2.22. The third kappa shape index (κ3) is 4.91. The summed E-state index contributed by atoms with van der Waals surface area (Å²) in [6, 6.07) is 15.1. The number of nitrogens with two attached hydrogens (primary N) is 1. The van der Waals surface area contributed by atoms with Gasteiger partial charge in [0.2, 0.25) is 0 Å². The van der Waals surface area contributed by atoms with Gasteiger partial charge in [-0.15, -0.1) is 12.4 Å². The average molecular weight is 395 g/mol. The van der Waals surface area contributed by atoms with Crippen molar-refractivity contribution in [2.75, 3.05) is 13.1 Å². The Kier molecular flexibility index (Phi) is 7.33. The second-order valence-corrected chi connectivity index (χ2v) is 7.03. The van der Waals surface area contributed by atoms with Gasteiger partial charge >= 0.3 is 0 Å². The predicted octanol–water partition coefficient (Wildman–Crippen LogP) is 4.15. The van der Waals surface area contributed by atoms with Crippen LogP contribution in [0.2, 0.25) is 5.02 Å². The summed E-state index contributed by atoms with van der Waals surface area (Å²) in [5.41, 5.74) is 7.39. The Bertz CT molecular complexity index is 754. The Labute approximate surface area is 165 Å². The molecule has 0 saturated carbocycles. The van der Waals surface area contributed by atoms with Crippen molar-refractivity contribution >= 4 is 29.9 Å². The van der Waals surface area contributed by atoms with Crippen molar-refractivity contribution in [2.45, 2.75) is 26.0 Å². The SMILES string of the molecule is CC1CC(CN)CN1C(=O)c1cccc(OCc2cccc(Cl)c2)c1.Cl. The molecule has 2 N–H and O–H groups in total. The van der Waals surface area contributed by atoms with Crippen molar-refractivity contribution in [3.05, 3.63) is 64.7 Å². The number of carbonyl (C=O) groups excluding carboxylic acids is 1. The van der Waals surface area contributed by atoms with Gasteiger partial charge in [-0.2, -0.15) is 0 Å². The van der Waals surface area contributed by atoms with E-state index in [2.05, 4.69) is 6.92 Å². The van der Waals surface area contributed by atoms with Gasteiger partial charge < -0.3 is 15.4 Å². The number of hydrogen-bond acceptors (Lipinski definition) is 3.